The van der Waals surface area contributed by atoms with Crippen LogP contribution in [0.15, 0.2) is 103 Å². The van der Waals surface area contributed by atoms with Crippen LogP contribution >= 0.6 is 0 Å². The third-order valence-electron chi connectivity index (χ3n) is 9.28. The van der Waals surface area contributed by atoms with Crippen molar-refractivity contribution in [2.75, 3.05) is 0 Å². The molecule has 0 saturated heterocycles. The number of nitriles is 3. The lowest BCUT2D eigenvalue weighted by molar-refractivity contribution is -0.136. The van der Waals surface area contributed by atoms with Gasteiger partial charge in [0.2, 0.25) is 0 Å². The van der Waals surface area contributed by atoms with E-state index in [4.69, 9.17) is 15.2 Å². The highest BCUT2D eigenvalue weighted by atomic mass is 19.4. The van der Waals surface area contributed by atoms with Gasteiger partial charge in [-0.15, -0.1) is 0 Å². The van der Waals surface area contributed by atoms with Gasteiger partial charge in [0.1, 0.15) is 11.6 Å². The lowest BCUT2D eigenvalue weighted by atomic mass is 9.92. The number of para-hydroxylation sites is 1. The summed E-state index contributed by atoms with van der Waals surface area (Å²) in [6.07, 6.45) is -5.03. The zero-order chi connectivity index (χ0) is 39.5. The van der Waals surface area contributed by atoms with E-state index in [2.05, 4.69) is 4.98 Å². The molecule has 8 aromatic rings. The average molecular weight is 751 g/mol. The summed E-state index contributed by atoms with van der Waals surface area (Å²) in [4.78, 5) is 14.3. The summed E-state index contributed by atoms with van der Waals surface area (Å²) in [6.45, 7) is 0. The van der Waals surface area contributed by atoms with Crippen molar-refractivity contribution in [2.24, 2.45) is 0 Å². The summed E-state index contributed by atoms with van der Waals surface area (Å²) in [5.74, 6) is -7.58. The molecule has 56 heavy (non-hydrogen) atoms. The van der Waals surface area contributed by atoms with Crippen LogP contribution in [-0.2, 0) is 6.18 Å². The van der Waals surface area contributed by atoms with E-state index in [-0.39, 0.29) is 50.0 Å². The summed E-state index contributed by atoms with van der Waals surface area (Å²) < 4.78 is 106. The molecule has 0 atom stereocenters. The van der Waals surface area contributed by atoms with Crippen molar-refractivity contribution in [2.45, 2.75) is 6.18 Å². The number of rotatable bonds is 4. The molecule has 2 aromatic heterocycles. The first-order chi connectivity index (χ1) is 26.9. The van der Waals surface area contributed by atoms with Gasteiger partial charge in [0.25, 0.3) is 0 Å². The number of pyridine rings is 1. The van der Waals surface area contributed by atoms with Gasteiger partial charge in [-0.25, -0.2) is 32.5 Å². The van der Waals surface area contributed by atoms with Crippen molar-refractivity contribution < 1.29 is 30.7 Å². The number of benzene rings is 6. The van der Waals surface area contributed by atoms with E-state index in [0.29, 0.717) is 22.3 Å². The number of nitrogens with zero attached hydrogens (tertiary/aromatic N) is 6. The second-order valence-corrected chi connectivity index (χ2v) is 12.5. The van der Waals surface area contributed by atoms with Gasteiger partial charge in [-0.3, -0.25) is 0 Å². The van der Waals surface area contributed by atoms with Crippen molar-refractivity contribution in [1.82, 2.24) is 15.0 Å². The molecular weight excluding hydrogens is 734 g/mol. The molecule has 0 unspecified atom stereocenters. The second kappa shape index (κ2) is 13.3. The maximum absolute atomic E-state index is 15.3. The zero-order valence-electron chi connectivity index (χ0n) is 28.1. The molecule has 0 fully saturated rings. The Balaban J connectivity index is 1.50. The van der Waals surface area contributed by atoms with Crippen molar-refractivity contribution >= 4 is 32.7 Å². The molecule has 0 aliphatic heterocycles. The van der Waals surface area contributed by atoms with Crippen molar-refractivity contribution in [3.05, 3.63) is 149 Å². The topological polar surface area (TPSA) is 110 Å². The second-order valence-electron chi connectivity index (χ2n) is 12.5. The van der Waals surface area contributed by atoms with Crippen LogP contribution < -0.4 is 0 Å². The van der Waals surface area contributed by atoms with Crippen LogP contribution in [0.25, 0.3) is 77.6 Å². The zero-order valence-corrected chi connectivity index (χ0v) is 28.1. The quantitative estimate of drug-likeness (QED) is 0.101. The molecule has 2 heterocycles. The summed E-state index contributed by atoms with van der Waals surface area (Å²) in [7, 11) is 0. The molecule has 0 saturated carbocycles. The predicted molar refractivity (Wildman–Crippen MR) is 193 cm³/mol. The van der Waals surface area contributed by atoms with Gasteiger partial charge in [-0.05, 0) is 48.0 Å². The van der Waals surface area contributed by atoms with E-state index in [0.717, 1.165) is 24.3 Å². The molecule has 268 valence electrons. The lowest BCUT2D eigenvalue weighted by Crippen LogP contribution is -2.09. The van der Waals surface area contributed by atoms with Crippen LogP contribution in [0.1, 0.15) is 22.3 Å². The molecule has 0 N–H and O–H groups in total. The molecular formula is C43H17F7N6. The first-order valence-corrected chi connectivity index (χ1v) is 16.5. The van der Waals surface area contributed by atoms with Gasteiger partial charge < -0.3 is 0 Å². The van der Waals surface area contributed by atoms with E-state index in [9.17, 15) is 19.3 Å². The number of alkyl halides is 3. The van der Waals surface area contributed by atoms with Gasteiger partial charge in [-0.2, -0.15) is 29.0 Å². The van der Waals surface area contributed by atoms with Crippen LogP contribution in [0, 0.1) is 57.3 Å². The van der Waals surface area contributed by atoms with Gasteiger partial charge in [-0.1, -0.05) is 60.7 Å². The van der Waals surface area contributed by atoms with Crippen molar-refractivity contribution in [3.63, 3.8) is 0 Å². The van der Waals surface area contributed by atoms with Crippen molar-refractivity contribution in [3.8, 4) is 63.1 Å². The smallest absolute Gasteiger partial charge is 0.247 e. The predicted octanol–water partition coefficient (Wildman–Crippen LogP) is 11.2. The van der Waals surface area contributed by atoms with Crippen LogP contribution in [0.5, 0.6) is 0 Å². The summed E-state index contributed by atoms with van der Waals surface area (Å²) in [5, 5.41) is 27.7. The standard InChI is InChI=1S/C43H17F7N6/c44-35-28(20-53)36(45)38(47)32(37(35)46)25-4-3-5-26(16-25)39-34-29(43(48,49)50)17-31-42(33(34)27-6-1-2-7-30(27)54-39)56-41(24-14-10-22(19-52)11-15-24)40(55-31)23-12-8-21(18-51)9-13-23/h1-17H. The van der Waals surface area contributed by atoms with Gasteiger partial charge in [0.05, 0.1) is 68.0 Å². The van der Waals surface area contributed by atoms with E-state index in [1.165, 1.54) is 24.3 Å². The maximum Gasteiger partial charge on any atom is 0.417 e. The number of aromatic nitrogens is 3. The Hall–Kier alpha value is -7.69. The Morgan fingerprint density at radius 2 is 1.04 bits per heavy atom. The third-order valence-corrected chi connectivity index (χ3v) is 9.28. The lowest BCUT2D eigenvalue weighted by Gasteiger charge is -2.19. The average Bonchev–Trinajstić information content (AvgIpc) is 3.22. The minimum Gasteiger partial charge on any atom is -0.247 e. The highest BCUT2D eigenvalue weighted by Crippen LogP contribution is 2.46. The highest BCUT2D eigenvalue weighted by Gasteiger charge is 2.36. The fourth-order valence-electron chi connectivity index (χ4n) is 6.71. The molecule has 8 rings (SSSR count). The first kappa shape index (κ1) is 35.3. The van der Waals surface area contributed by atoms with Crippen LogP contribution in [0.3, 0.4) is 0 Å². The van der Waals surface area contributed by atoms with E-state index >= 15 is 22.0 Å². The molecule has 6 aromatic carbocycles. The molecule has 0 bridgehead atoms. The molecule has 0 spiro atoms. The van der Waals surface area contributed by atoms with Gasteiger partial charge >= 0.3 is 6.18 Å². The van der Waals surface area contributed by atoms with Crippen LogP contribution in [-0.4, -0.2) is 15.0 Å². The summed E-state index contributed by atoms with van der Waals surface area (Å²) in [5.41, 5.74) is -2.49. The molecule has 0 aliphatic carbocycles. The SMILES string of the molecule is N#Cc1ccc(-c2nc3cc(C(F)(F)F)c4c(-c5cccc(-c6c(F)c(F)c(C#N)c(F)c6F)c5)nc5ccccc5c4c3nc2-c2ccc(C#N)cc2)cc1. The first-order valence-electron chi connectivity index (χ1n) is 16.5. The normalized spacial score (nSPS) is 11.4. The fourth-order valence-corrected chi connectivity index (χ4v) is 6.71. The van der Waals surface area contributed by atoms with Gasteiger partial charge in [0, 0.05) is 32.8 Å². The largest absolute Gasteiger partial charge is 0.417 e. The molecule has 0 aliphatic rings. The Morgan fingerprint density at radius 1 is 0.482 bits per heavy atom. The maximum atomic E-state index is 15.3. The van der Waals surface area contributed by atoms with E-state index < -0.39 is 57.1 Å². The minimum atomic E-state index is -5.03. The minimum absolute atomic E-state index is 0.0116. The van der Waals surface area contributed by atoms with Crippen molar-refractivity contribution in [1.29, 1.82) is 15.8 Å². The number of hydrogen-bond donors (Lipinski definition) is 0. The van der Waals surface area contributed by atoms with Crippen LogP contribution in [0.2, 0.25) is 0 Å². The monoisotopic (exact) mass is 750 g/mol. The molecule has 0 amide bonds. The third kappa shape index (κ3) is 5.69. The Morgan fingerprint density at radius 3 is 1.61 bits per heavy atom. The number of halogens is 7. The Labute approximate surface area is 311 Å². The number of fused-ring (bicyclic) bond motifs is 5. The van der Waals surface area contributed by atoms with E-state index in [1.54, 1.807) is 60.7 Å². The van der Waals surface area contributed by atoms with E-state index in [1.807, 2.05) is 12.1 Å². The highest BCUT2D eigenvalue weighted by molar-refractivity contribution is 6.22. The Bertz CT molecular complexity index is 3060. The molecule has 13 heteroatoms. The van der Waals surface area contributed by atoms with Crippen LogP contribution in [0.4, 0.5) is 30.7 Å². The fraction of sp³-hybridized carbons (Fsp3) is 0.0233. The number of hydrogen-bond acceptors (Lipinski definition) is 6. The summed E-state index contributed by atoms with van der Waals surface area (Å²) in [6, 6.07) is 29.6. The van der Waals surface area contributed by atoms with Gasteiger partial charge in [0.15, 0.2) is 23.3 Å². The molecule has 6 nitrogen and oxygen atoms in total. The Kier molecular flexibility index (Phi) is 8.40. The summed E-state index contributed by atoms with van der Waals surface area (Å²) >= 11 is 0. The molecule has 0 radical (unpaired) electrons.